The van der Waals surface area contributed by atoms with Crippen LogP contribution in [0.5, 0.6) is 0 Å². The Bertz CT molecular complexity index is 408. The molecule has 1 amide bonds. The Kier molecular flexibility index (Phi) is 4.02. The van der Waals surface area contributed by atoms with Crippen molar-refractivity contribution in [2.75, 3.05) is 6.54 Å². The van der Waals surface area contributed by atoms with Crippen molar-refractivity contribution < 1.29 is 9.90 Å². The summed E-state index contributed by atoms with van der Waals surface area (Å²) in [6.07, 6.45) is 2.58. The first-order chi connectivity index (χ1) is 8.18. The van der Waals surface area contributed by atoms with E-state index in [-0.39, 0.29) is 17.9 Å². The van der Waals surface area contributed by atoms with Crippen LogP contribution in [-0.4, -0.2) is 23.7 Å². The number of carbonyl (C=O) groups is 1. The largest absolute Gasteiger partial charge is 0.393 e. The number of halogens is 1. The van der Waals surface area contributed by atoms with Gasteiger partial charge in [0.2, 0.25) is 0 Å². The molecule has 1 fully saturated rings. The van der Waals surface area contributed by atoms with E-state index in [1.807, 2.05) is 0 Å². The van der Waals surface area contributed by atoms with Gasteiger partial charge in [0, 0.05) is 12.5 Å². The number of benzene rings is 1. The van der Waals surface area contributed by atoms with E-state index in [0.29, 0.717) is 17.1 Å². The molecule has 0 aromatic heterocycles. The topological polar surface area (TPSA) is 49.3 Å². The van der Waals surface area contributed by atoms with Crippen LogP contribution in [0.2, 0.25) is 5.02 Å². The number of amides is 1. The molecule has 0 radical (unpaired) electrons. The molecule has 1 aliphatic rings. The summed E-state index contributed by atoms with van der Waals surface area (Å²) < 4.78 is 0. The van der Waals surface area contributed by atoms with E-state index in [4.69, 9.17) is 11.6 Å². The van der Waals surface area contributed by atoms with Gasteiger partial charge in [-0.3, -0.25) is 4.79 Å². The number of hydrogen-bond donors (Lipinski definition) is 2. The molecule has 1 aromatic rings. The zero-order chi connectivity index (χ0) is 12.3. The molecule has 0 heterocycles. The van der Waals surface area contributed by atoms with Gasteiger partial charge < -0.3 is 10.4 Å². The molecule has 0 spiro atoms. The second kappa shape index (κ2) is 5.52. The maximum Gasteiger partial charge on any atom is 0.252 e. The van der Waals surface area contributed by atoms with Crippen LogP contribution in [0.1, 0.15) is 29.6 Å². The van der Waals surface area contributed by atoms with Crippen molar-refractivity contribution in [3.63, 3.8) is 0 Å². The number of hydrogen-bond acceptors (Lipinski definition) is 2. The number of carbonyl (C=O) groups excluding carboxylic acids is 1. The Labute approximate surface area is 106 Å². The summed E-state index contributed by atoms with van der Waals surface area (Å²) in [5, 5.41) is 12.9. The summed E-state index contributed by atoms with van der Waals surface area (Å²) in [6.45, 7) is 0.519. The lowest BCUT2D eigenvalue weighted by atomic mass is 10.1. The Morgan fingerprint density at radius 1 is 1.41 bits per heavy atom. The van der Waals surface area contributed by atoms with Gasteiger partial charge >= 0.3 is 0 Å². The van der Waals surface area contributed by atoms with Crippen molar-refractivity contribution in [2.45, 2.75) is 25.4 Å². The molecule has 1 aromatic carbocycles. The third-order valence-corrected chi connectivity index (χ3v) is 3.59. The normalized spacial score (nSPS) is 23.6. The molecule has 0 saturated heterocycles. The number of rotatable bonds is 3. The molecule has 92 valence electrons. The molecule has 3 nitrogen and oxygen atoms in total. The summed E-state index contributed by atoms with van der Waals surface area (Å²) in [5.74, 6) is 0.0103. The molecule has 2 N–H and O–H groups in total. The van der Waals surface area contributed by atoms with Gasteiger partial charge in [0.05, 0.1) is 16.7 Å². The number of aliphatic hydroxyl groups is 1. The Morgan fingerprint density at radius 3 is 2.82 bits per heavy atom. The first-order valence-electron chi connectivity index (χ1n) is 5.89. The van der Waals surface area contributed by atoms with Crippen LogP contribution in [0.3, 0.4) is 0 Å². The van der Waals surface area contributed by atoms with Crippen molar-refractivity contribution in [3.05, 3.63) is 34.9 Å². The van der Waals surface area contributed by atoms with Crippen LogP contribution < -0.4 is 5.32 Å². The van der Waals surface area contributed by atoms with E-state index >= 15 is 0 Å². The highest BCUT2D eigenvalue weighted by Gasteiger charge is 2.25. The van der Waals surface area contributed by atoms with E-state index in [2.05, 4.69) is 5.32 Å². The lowest BCUT2D eigenvalue weighted by Crippen LogP contribution is -2.32. The molecule has 2 atom stereocenters. The van der Waals surface area contributed by atoms with Gasteiger partial charge in [0.15, 0.2) is 0 Å². The fraction of sp³-hybridized carbons (Fsp3) is 0.462. The lowest BCUT2D eigenvalue weighted by Gasteiger charge is -2.15. The van der Waals surface area contributed by atoms with Gasteiger partial charge in [-0.05, 0) is 25.0 Å². The van der Waals surface area contributed by atoms with Crippen molar-refractivity contribution in [1.82, 2.24) is 5.32 Å². The van der Waals surface area contributed by atoms with Gasteiger partial charge in [-0.25, -0.2) is 0 Å². The van der Waals surface area contributed by atoms with Gasteiger partial charge in [-0.15, -0.1) is 0 Å². The predicted octanol–water partition coefficient (Wildman–Crippen LogP) is 2.23. The van der Waals surface area contributed by atoms with Crippen LogP contribution in [0, 0.1) is 5.92 Å². The van der Waals surface area contributed by atoms with Crippen LogP contribution >= 0.6 is 11.6 Å². The summed E-state index contributed by atoms with van der Waals surface area (Å²) in [6, 6.07) is 6.97. The Morgan fingerprint density at radius 2 is 2.18 bits per heavy atom. The van der Waals surface area contributed by atoms with Gasteiger partial charge in [-0.2, -0.15) is 0 Å². The molecule has 4 heteroatoms. The van der Waals surface area contributed by atoms with Crippen LogP contribution in [0.4, 0.5) is 0 Å². The zero-order valence-electron chi connectivity index (χ0n) is 9.53. The van der Waals surface area contributed by atoms with Crippen molar-refractivity contribution >= 4 is 17.5 Å². The molecule has 17 heavy (non-hydrogen) atoms. The Hall–Kier alpha value is -1.06. The van der Waals surface area contributed by atoms with Gasteiger partial charge in [0.1, 0.15) is 0 Å². The maximum atomic E-state index is 11.9. The van der Waals surface area contributed by atoms with Crippen LogP contribution in [0.15, 0.2) is 24.3 Å². The highest BCUT2D eigenvalue weighted by molar-refractivity contribution is 6.33. The third kappa shape index (κ3) is 2.99. The third-order valence-electron chi connectivity index (χ3n) is 3.26. The van der Waals surface area contributed by atoms with E-state index in [1.54, 1.807) is 24.3 Å². The maximum absolute atomic E-state index is 11.9. The molecule has 0 aliphatic heterocycles. The lowest BCUT2D eigenvalue weighted by molar-refractivity contribution is 0.0917. The smallest absolute Gasteiger partial charge is 0.252 e. The average Bonchev–Trinajstić information content (AvgIpc) is 2.72. The monoisotopic (exact) mass is 253 g/mol. The summed E-state index contributed by atoms with van der Waals surface area (Å²) in [7, 11) is 0. The molecule has 2 unspecified atom stereocenters. The van der Waals surface area contributed by atoms with Crippen molar-refractivity contribution in [3.8, 4) is 0 Å². The zero-order valence-corrected chi connectivity index (χ0v) is 10.3. The average molecular weight is 254 g/mol. The molecule has 0 bridgehead atoms. The minimum absolute atomic E-state index is 0.172. The molecule has 2 rings (SSSR count). The molecule has 1 saturated carbocycles. The van der Waals surface area contributed by atoms with E-state index in [0.717, 1.165) is 19.3 Å². The standard InChI is InChI=1S/C13H16ClNO2/c14-11-6-2-1-5-10(11)13(17)15-8-9-4-3-7-12(9)16/h1-2,5-6,9,12,16H,3-4,7-8H2,(H,15,17). The van der Waals surface area contributed by atoms with Crippen LogP contribution in [0.25, 0.3) is 0 Å². The van der Waals surface area contributed by atoms with Gasteiger partial charge in [0.25, 0.3) is 5.91 Å². The van der Waals surface area contributed by atoms with Crippen molar-refractivity contribution in [2.24, 2.45) is 5.92 Å². The molecular formula is C13H16ClNO2. The van der Waals surface area contributed by atoms with E-state index in [9.17, 15) is 9.90 Å². The number of nitrogens with one attached hydrogen (secondary N) is 1. The minimum Gasteiger partial charge on any atom is -0.393 e. The first kappa shape index (κ1) is 12.4. The minimum atomic E-state index is -0.276. The highest BCUT2D eigenvalue weighted by atomic mass is 35.5. The fourth-order valence-corrected chi connectivity index (χ4v) is 2.44. The van der Waals surface area contributed by atoms with E-state index in [1.165, 1.54) is 0 Å². The fourth-order valence-electron chi connectivity index (χ4n) is 2.22. The molecular weight excluding hydrogens is 238 g/mol. The SMILES string of the molecule is O=C(NCC1CCCC1O)c1ccccc1Cl. The highest BCUT2D eigenvalue weighted by Crippen LogP contribution is 2.24. The van der Waals surface area contributed by atoms with E-state index < -0.39 is 0 Å². The first-order valence-corrected chi connectivity index (χ1v) is 6.27. The van der Waals surface area contributed by atoms with Crippen LogP contribution in [-0.2, 0) is 0 Å². The quantitative estimate of drug-likeness (QED) is 0.868. The second-order valence-electron chi connectivity index (χ2n) is 4.45. The number of aliphatic hydroxyl groups excluding tert-OH is 1. The summed E-state index contributed by atoms with van der Waals surface area (Å²) in [4.78, 5) is 11.9. The van der Waals surface area contributed by atoms with Crippen molar-refractivity contribution in [1.29, 1.82) is 0 Å². The summed E-state index contributed by atoms with van der Waals surface area (Å²) in [5.41, 5.74) is 0.488. The molecule has 1 aliphatic carbocycles. The van der Waals surface area contributed by atoms with Gasteiger partial charge in [-0.1, -0.05) is 30.2 Å². The second-order valence-corrected chi connectivity index (χ2v) is 4.86. The predicted molar refractivity (Wildman–Crippen MR) is 67.1 cm³/mol. The Balaban J connectivity index is 1.91. The summed E-state index contributed by atoms with van der Waals surface area (Å²) >= 11 is 5.93.